The van der Waals surface area contributed by atoms with Gasteiger partial charge in [0.2, 0.25) is 5.91 Å². The van der Waals surface area contributed by atoms with Crippen LogP contribution in [-0.4, -0.2) is 45.8 Å². The number of aryl methyl sites for hydroxylation is 2. The van der Waals surface area contributed by atoms with Crippen molar-refractivity contribution in [3.8, 4) is 11.4 Å². The van der Waals surface area contributed by atoms with E-state index in [2.05, 4.69) is 6.92 Å². The van der Waals surface area contributed by atoms with E-state index in [1.54, 1.807) is 23.0 Å². The normalized spacial score (nSPS) is 14.9. The molecule has 31 heavy (non-hydrogen) atoms. The second-order valence-corrected chi connectivity index (χ2v) is 10.1. The first-order valence-corrected chi connectivity index (χ1v) is 12.3. The lowest BCUT2D eigenvalue weighted by atomic mass is 10.2. The Bertz CT molecular complexity index is 1180. The highest BCUT2D eigenvalue weighted by molar-refractivity contribution is 8.00. The van der Waals surface area contributed by atoms with Gasteiger partial charge in [-0.3, -0.25) is 14.2 Å². The van der Waals surface area contributed by atoms with E-state index in [1.165, 1.54) is 16.6 Å². The zero-order chi connectivity index (χ0) is 22.1. The molecule has 3 heterocycles. The van der Waals surface area contributed by atoms with E-state index < -0.39 is 0 Å². The van der Waals surface area contributed by atoms with Gasteiger partial charge in [0.1, 0.15) is 10.6 Å². The van der Waals surface area contributed by atoms with Crippen molar-refractivity contribution in [2.75, 3.05) is 20.2 Å². The average Bonchev–Trinajstić information content (AvgIpc) is 3.41. The number of thiophene rings is 1. The summed E-state index contributed by atoms with van der Waals surface area (Å²) in [5, 5.41) is 0.869. The highest BCUT2D eigenvalue weighted by atomic mass is 32.2. The highest BCUT2D eigenvalue weighted by Crippen LogP contribution is 2.32. The Hall–Kier alpha value is -2.32. The number of benzene rings is 1. The zero-order valence-electron chi connectivity index (χ0n) is 18.3. The molecular weight excluding hydrogens is 430 g/mol. The van der Waals surface area contributed by atoms with E-state index in [0.717, 1.165) is 42.7 Å². The van der Waals surface area contributed by atoms with Gasteiger partial charge in [0.05, 0.1) is 23.4 Å². The van der Waals surface area contributed by atoms with E-state index in [-0.39, 0.29) is 16.7 Å². The summed E-state index contributed by atoms with van der Waals surface area (Å²) >= 11 is 2.92. The molecule has 1 aliphatic heterocycles. The van der Waals surface area contributed by atoms with Crippen molar-refractivity contribution in [3.05, 3.63) is 45.1 Å². The quantitative estimate of drug-likeness (QED) is 0.405. The number of hydrogen-bond acceptors (Lipinski definition) is 6. The SMILES string of the molecule is CCc1sc2nc(SC(C)C(=O)N3CCCC3)n(-c3cccc(OC)c3)c(=O)c2c1C. The highest BCUT2D eigenvalue weighted by Gasteiger charge is 2.27. The fourth-order valence-corrected chi connectivity index (χ4v) is 6.18. The molecule has 6 nitrogen and oxygen atoms in total. The van der Waals surface area contributed by atoms with E-state index in [0.29, 0.717) is 22.0 Å². The third-order valence-electron chi connectivity index (χ3n) is 5.71. The van der Waals surface area contributed by atoms with Crippen molar-refractivity contribution in [1.82, 2.24) is 14.5 Å². The van der Waals surface area contributed by atoms with Crippen LogP contribution in [0.25, 0.3) is 15.9 Å². The molecule has 0 N–H and O–H groups in total. The Morgan fingerprint density at radius 1 is 1.32 bits per heavy atom. The molecular formula is C23H27N3O3S2. The van der Waals surface area contributed by atoms with Crippen molar-refractivity contribution in [2.45, 2.75) is 50.4 Å². The summed E-state index contributed by atoms with van der Waals surface area (Å²) in [6.07, 6.45) is 2.96. The van der Waals surface area contributed by atoms with Crippen LogP contribution in [0.15, 0.2) is 34.2 Å². The Kier molecular flexibility index (Phi) is 6.39. The van der Waals surface area contributed by atoms with Crippen LogP contribution < -0.4 is 10.3 Å². The third kappa shape index (κ3) is 4.11. The molecule has 8 heteroatoms. The maximum Gasteiger partial charge on any atom is 0.267 e. The largest absolute Gasteiger partial charge is 0.497 e. The molecule has 3 aromatic rings. The molecule has 1 fully saturated rings. The number of likely N-dealkylation sites (tertiary alicyclic amines) is 1. The smallest absolute Gasteiger partial charge is 0.267 e. The van der Waals surface area contributed by atoms with Gasteiger partial charge in [-0.1, -0.05) is 24.8 Å². The molecule has 1 aromatic carbocycles. The topological polar surface area (TPSA) is 64.4 Å². The molecule has 4 rings (SSSR count). The zero-order valence-corrected chi connectivity index (χ0v) is 19.9. The number of amides is 1. The second kappa shape index (κ2) is 9.04. The molecule has 2 aromatic heterocycles. The van der Waals surface area contributed by atoms with Crippen LogP contribution >= 0.6 is 23.1 Å². The first-order valence-electron chi connectivity index (χ1n) is 10.6. The van der Waals surface area contributed by atoms with Crippen molar-refractivity contribution in [2.24, 2.45) is 0 Å². The van der Waals surface area contributed by atoms with Gasteiger partial charge >= 0.3 is 0 Å². The Labute approximate surface area is 190 Å². The van der Waals surface area contributed by atoms with E-state index in [9.17, 15) is 9.59 Å². The summed E-state index contributed by atoms with van der Waals surface area (Å²) in [7, 11) is 1.60. The number of carbonyl (C=O) groups is 1. The first kappa shape index (κ1) is 21.9. The number of hydrogen-bond donors (Lipinski definition) is 0. The van der Waals surface area contributed by atoms with E-state index >= 15 is 0 Å². The summed E-state index contributed by atoms with van der Waals surface area (Å²) in [5.41, 5.74) is 1.58. The predicted octanol–water partition coefficient (Wildman–Crippen LogP) is 4.43. The van der Waals surface area contributed by atoms with Crippen LogP contribution in [0.4, 0.5) is 0 Å². The van der Waals surface area contributed by atoms with Gasteiger partial charge in [0, 0.05) is 24.0 Å². The number of rotatable bonds is 6. The van der Waals surface area contributed by atoms with E-state index in [1.807, 2.05) is 43.0 Å². The lowest BCUT2D eigenvalue weighted by Gasteiger charge is -2.21. The fraction of sp³-hybridized carbons (Fsp3) is 0.435. The van der Waals surface area contributed by atoms with Gasteiger partial charge in [-0.25, -0.2) is 4.98 Å². The molecule has 1 amide bonds. The second-order valence-electron chi connectivity index (χ2n) is 7.71. The van der Waals surface area contributed by atoms with Crippen LogP contribution in [0.3, 0.4) is 0 Å². The molecule has 164 valence electrons. The molecule has 0 spiro atoms. The van der Waals surface area contributed by atoms with Gasteiger partial charge in [0.25, 0.3) is 5.56 Å². The Morgan fingerprint density at radius 3 is 2.74 bits per heavy atom. The van der Waals surface area contributed by atoms with Crippen molar-refractivity contribution < 1.29 is 9.53 Å². The standard InChI is InChI=1S/C23H27N3O3S2/c1-5-18-14(2)19-20(31-18)24-23(30-15(3)21(27)25-11-6-7-12-25)26(22(19)28)16-9-8-10-17(13-16)29-4/h8-10,13,15H,5-7,11-12H2,1-4H3. The van der Waals surface area contributed by atoms with Gasteiger partial charge < -0.3 is 9.64 Å². The molecule has 1 unspecified atom stereocenters. The van der Waals surface area contributed by atoms with Crippen LogP contribution in [0.2, 0.25) is 0 Å². The average molecular weight is 458 g/mol. The molecule has 1 aliphatic rings. The van der Waals surface area contributed by atoms with Crippen molar-refractivity contribution >= 4 is 39.2 Å². The number of aromatic nitrogens is 2. The minimum Gasteiger partial charge on any atom is -0.497 e. The predicted molar refractivity (Wildman–Crippen MR) is 127 cm³/mol. The summed E-state index contributed by atoms with van der Waals surface area (Å²) in [4.78, 5) is 35.3. The molecule has 1 saturated heterocycles. The molecule has 0 bridgehead atoms. The number of fused-ring (bicyclic) bond motifs is 1. The van der Waals surface area contributed by atoms with Crippen molar-refractivity contribution in [1.29, 1.82) is 0 Å². The first-order chi connectivity index (χ1) is 14.9. The monoisotopic (exact) mass is 457 g/mol. The summed E-state index contributed by atoms with van der Waals surface area (Å²) in [6, 6.07) is 7.40. The Balaban J connectivity index is 1.85. The number of ether oxygens (including phenoxy) is 1. The molecule has 0 aliphatic carbocycles. The minimum absolute atomic E-state index is 0.102. The fourth-order valence-electron chi connectivity index (χ4n) is 4.01. The van der Waals surface area contributed by atoms with Crippen LogP contribution in [-0.2, 0) is 11.2 Å². The van der Waals surface area contributed by atoms with Crippen LogP contribution in [0, 0.1) is 6.92 Å². The minimum atomic E-state index is -0.328. The lowest BCUT2D eigenvalue weighted by molar-refractivity contribution is -0.129. The molecule has 1 atom stereocenters. The summed E-state index contributed by atoms with van der Waals surface area (Å²) < 4.78 is 7.00. The number of methoxy groups -OCH3 is 1. The van der Waals surface area contributed by atoms with Gasteiger partial charge in [0.15, 0.2) is 5.16 Å². The maximum absolute atomic E-state index is 13.7. The molecule has 0 saturated carbocycles. The third-order valence-corrected chi connectivity index (χ3v) is 8.08. The lowest BCUT2D eigenvalue weighted by Crippen LogP contribution is -2.34. The number of carbonyl (C=O) groups excluding carboxylic acids is 1. The van der Waals surface area contributed by atoms with E-state index in [4.69, 9.17) is 9.72 Å². The van der Waals surface area contributed by atoms with Crippen molar-refractivity contribution in [3.63, 3.8) is 0 Å². The number of thioether (sulfide) groups is 1. The Morgan fingerprint density at radius 2 is 2.06 bits per heavy atom. The van der Waals surface area contributed by atoms with Gasteiger partial charge in [-0.05, 0) is 50.8 Å². The van der Waals surface area contributed by atoms with Gasteiger partial charge in [-0.15, -0.1) is 11.3 Å². The number of nitrogens with zero attached hydrogens (tertiary/aromatic N) is 3. The van der Waals surface area contributed by atoms with Crippen LogP contribution in [0.1, 0.15) is 37.1 Å². The van der Waals surface area contributed by atoms with Gasteiger partial charge in [-0.2, -0.15) is 0 Å². The van der Waals surface area contributed by atoms with Crippen LogP contribution in [0.5, 0.6) is 5.75 Å². The molecule has 0 radical (unpaired) electrons. The maximum atomic E-state index is 13.7. The summed E-state index contributed by atoms with van der Waals surface area (Å²) in [6.45, 7) is 7.59. The summed E-state index contributed by atoms with van der Waals surface area (Å²) in [5.74, 6) is 0.767.